The lowest BCUT2D eigenvalue weighted by atomic mass is 10.0. The molecular weight excluding hydrogens is 244 g/mol. The van der Waals surface area contributed by atoms with Gasteiger partial charge in [-0.25, -0.2) is 0 Å². The van der Waals surface area contributed by atoms with E-state index in [-0.39, 0.29) is 0 Å². The van der Waals surface area contributed by atoms with Gasteiger partial charge in [-0.15, -0.1) is 0 Å². The standard InChI is InChI=1S/C18H22N2/c1-13-8-9-14(2)18(11-13)20-10-4-7-17(20)15-5-3-6-16(19)12-15/h3,5-6,8-9,11-12,17H,4,7,10,19H2,1-2H3. The molecule has 2 N–H and O–H groups in total. The van der Waals surface area contributed by atoms with Gasteiger partial charge in [-0.1, -0.05) is 24.3 Å². The summed E-state index contributed by atoms with van der Waals surface area (Å²) in [5.74, 6) is 0. The summed E-state index contributed by atoms with van der Waals surface area (Å²) in [4.78, 5) is 2.54. The van der Waals surface area contributed by atoms with Crippen molar-refractivity contribution in [1.82, 2.24) is 0 Å². The fourth-order valence-electron chi connectivity index (χ4n) is 3.20. The Morgan fingerprint density at radius 2 is 1.95 bits per heavy atom. The van der Waals surface area contributed by atoms with E-state index < -0.39 is 0 Å². The van der Waals surface area contributed by atoms with Gasteiger partial charge in [0.2, 0.25) is 0 Å². The molecule has 1 aliphatic rings. The number of nitrogens with zero attached hydrogens (tertiary/aromatic N) is 1. The van der Waals surface area contributed by atoms with E-state index in [1.165, 1.54) is 35.2 Å². The van der Waals surface area contributed by atoms with Gasteiger partial charge in [0, 0.05) is 17.9 Å². The van der Waals surface area contributed by atoms with Gasteiger partial charge < -0.3 is 10.6 Å². The first-order valence-corrected chi connectivity index (χ1v) is 7.34. The Bertz CT molecular complexity index is 619. The van der Waals surface area contributed by atoms with Gasteiger partial charge in [0.25, 0.3) is 0 Å². The third-order valence-electron chi connectivity index (χ3n) is 4.22. The largest absolute Gasteiger partial charge is 0.399 e. The van der Waals surface area contributed by atoms with Crippen LogP contribution in [0.25, 0.3) is 0 Å². The molecule has 104 valence electrons. The summed E-state index contributed by atoms with van der Waals surface area (Å²) in [5, 5.41) is 0. The Balaban J connectivity index is 1.98. The quantitative estimate of drug-likeness (QED) is 0.824. The van der Waals surface area contributed by atoms with Crippen LogP contribution in [0.2, 0.25) is 0 Å². The minimum absolute atomic E-state index is 0.457. The second-order valence-corrected chi connectivity index (χ2v) is 5.81. The number of benzene rings is 2. The molecule has 1 heterocycles. The first-order chi connectivity index (χ1) is 9.65. The molecule has 1 saturated heterocycles. The third kappa shape index (κ3) is 2.38. The fraction of sp³-hybridized carbons (Fsp3) is 0.333. The number of rotatable bonds is 2. The maximum atomic E-state index is 5.95. The van der Waals surface area contributed by atoms with Crippen molar-refractivity contribution in [3.05, 3.63) is 59.2 Å². The lowest BCUT2D eigenvalue weighted by Crippen LogP contribution is -2.23. The minimum atomic E-state index is 0.457. The molecule has 2 heteroatoms. The molecule has 1 fully saturated rings. The molecule has 0 amide bonds. The number of aryl methyl sites for hydroxylation is 2. The van der Waals surface area contributed by atoms with E-state index >= 15 is 0 Å². The molecular formula is C18H22N2. The average molecular weight is 266 g/mol. The van der Waals surface area contributed by atoms with Crippen molar-refractivity contribution in [2.24, 2.45) is 0 Å². The first-order valence-electron chi connectivity index (χ1n) is 7.34. The van der Waals surface area contributed by atoms with E-state index in [4.69, 9.17) is 5.73 Å². The summed E-state index contributed by atoms with van der Waals surface area (Å²) >= 11 is 0. The second-order valence-electron chi connectivity index (χ2n) is 5.81. The minimum Gasteiger partial charge on any atom is -0.399 e. The van der Waals surface area contributed by atoms with Crippen LogP contribution in [0, 0.1) is 13.8 Å². The van der Waals surface area contributed by atoms with E-state index in [2.05, 4.69) is 55.1 Å². The zero-order valence-electron chi connectivity index (χ0n) is 12.3. The van der Waals surface area contributed by atoms with Crippen molar-refractivity contribution < 1.29 is 0 Å². The summed E-state index contributed by atoms with van der Waals surface area (Å²) < 4.78 is 0. The topological polar surface area (TPSA) is 29.3 Å². The molecule has 0 bridgehead atoms. The van der Waals surface area contributed by atoms with E-state index in [9.17, 15) is 0 Å². The van der Waals surface area contributed by atoms with Crippen LogP contribution < -0.4 is 10.6 Å². The number of hydrogen-bond acceptors (Lipinski definition) is 2. The Hall–Kier alpha value is -1.96. The summed E-state index contributed by atoms with van der Waals surface area (Å²) in [7, 11) is 0. The van der Waals surface area contributed by atoms with Gasteiger partial charge in [0.15, 0.2) is 0 Å². The highest BCUT2D eigenvalue weighted by atomic mass is 15.2. The molecule has 20 heavy (non-hydrogen) atoms. The van der Waals surface area contributed by atoms with Crippen molar-refractivity contribution in [2.75, 3.05) is 17.2 Å². The van der Waals surface area contributed by atoms with Gasteiger partial charge in [0.05, 0.1) is 6.04 Å². The Morgan fingerprint density at radius 3 is 2.75 bits per heavy atom. The highest BCUT2D eigenvalue weighted by Gasteiger charge is 2.27. The van der Waals surface area contributed by atoms with Crippen LogP contribution in [0.3, 0.4) is 0 Å². The molecule has 0 radical (unpaired) electrons. The first kappa shape index (κ1) is 13.0. The van der Waals surface area contributed by atoms with Crippen LogP contribution in [-0.2, 0) is 0 Å². The van der Waals surface area contributed by atoms with Crippen LogP contribution in [-0.4, -0.2) is 6.54 Å². The predicted octanol–water partition coefficient (Wildman–Crippen LogP) is 4.23. The lowest BCUT2D eigenvalue weighted by Gasteiger charge is -2.29. The van der Waals surface area contributed by atoms with Crippen molar-refractivity contribution in [1.29, 1.82) is 0 Å². The van der Waals surface area contributed by atoms with Gasteiger partial charge in [-0.3, -0.25) is 0 Å². The molecule has 1 atom stereocenters. The van der Waals surface area contributed by atoms with Crippen LogP contribution in [0.5, 0.6) is 0 Å². The Kier molecular flexibility index (Phi) is 3.39. The summed E-state index contributed by atoms with van der Waals surface area (Å²) in [6, 6.07) is 15.5. The maximum Gasteiger partial charge on any atom is 0.0543 e. The monoisotopic (exact) mass is 266 g/mol. The average Bonchev–Trinajstić information content (AvgIpc) is 2.90. The molecule has 0 spiro atoms. The van der Waals surface area contributed by atoms with E-state index in [1.807, 2.05) is 6.07 Å². The fourth-order valence-corrected chi connectivity index (χ4v) is 3.20. The molecule has 0 saturated carbocycles. The number of nitrogens with two attached hydrogens (primary N) is 1. The van der Waals surface area contributed by atoms with Crippen molar-refractivity contribution in [2.45, 2.75) is 32.7 Å². The molecule has 0 aliphatic carbocycles. The number of hydrogen-bond donors (Lipinski definition) is 1. The molecule has 2 aromatic carbocycles. The van der Waals surface area contributed by atoms with Crippen LogP contribution >= 0.6 is 0 Å². The van der Waals surface area contributed by atoms with E-state index in [0.29, 0.717) is 6.04 Å². The van der Waals surface area contributed by atoms with Gasteiger partial charge in [-0.2, -0.15) is 0 Å². The van der Waals surface area contributed by atoms with Crippen LogP contribution in [0.4, 0.5) is 11.4 Å². The molecule has 2 aromatic rings. The Morgan fingerprint density at radius 1 is 1.10 bits per heavy atom. The van der Waals surface area contributed by atoms with Crippen molar-refractivity contribution in [3.8, 4) is 0 Å². The SMILES string of the molecule is Cc1ccc(C)c(N2CCCC2c2cccc(N)c2)c1. The highest BCUT2D eigenvalue weighted by Crippen LogP contribution is 2.38. The van der Waals surface area contributed by atoms with Crippen LogP contribution in [0.1, 0.15) is 35.6 Å². The molecule has 2 nitrogen and oxygen atoms in total. The van der Waals surface area contributed by atoms with Crippen LogP contribution in [0.15, 0.2) is 42.5 Å². The van der Waals surface area contributed by atoms with Crippen molar-refractivity contribution >= 4 is 11.4 Å². The molecule has 0 aromatic heterocycles. The summed E-state index contributed by atoms with van der Waals surface area (Å²) in [6.07, 6.45) is 2.45. The highest BCUT2D eigenvalue weighted by molar-refractivity contribution is 5.58. The van der Waals surface area contributed by atoms with Gasteiger partial charge in [0.1, 0.15) is 0 Å². The maximum absolute atomic E-state index is 5.95. The third-order valence-corrected chi connectivity index (χ3v) is 4.22. The van der Waals surface area contributed by atoms with Crippen molar-refractivity contribution in [3.63, 3.8) is 0 Å². The summed E-state index contributed by atoms with van der Waals surface area (Å²) in [6.45, 7) is 5.49. The normalized spacial score (nSPS) is 18.5. The zero-order valence-corrected chi connectivity index (χ0v) is 12.3. The lowest BCUT2D eigenvalue weighted by molar-refractivity contribution is 0.718. The van der Waals surface area contributed by atoms with Gasteiger partial charge in [-0.05, 0) is 61.6 Å². The Labute approximate surface area is 121 Å². The number of nitrogen functional groups attached to an aromatic ring is 1. The number of anilines is 2. The molecule has 3 rings (SSSR count). The zero-order chi connectivity index (χ0) is 14.1. The van der Waals surface area contributed by atoms with E-state index in [0.717, 1.165) is 12.2 Å². The predicted molar refractivity (Wildman–Crippen MR) is 86.1 cm³/mol. The van der Waals surface area contributed by atoms with E-state index in [1.54, 1.807) is 0 Å². The van der Waals surface area contributed by atoms with Gasteiger partial charge >= 0.3 is 0 Å². The summed E-state index contributed by atoms with van der Waals surface area (Å²) in [5.41, 5.74) is 12.2. The molecule has 1 unspecified atom stereocenters. The second kappa shape index (κ2) is 5.20. The molecule has 1 aliphatic heterocycles. The smallest absolute Gasteiger partial charge is 0.0543 e.